The van der Waals surface area contributed by atoms with Gasteiger partial charge in [0.15, 0.2) is 0 Å². The minimum Gasteiger partial charge on any atom is -0.491 e. The molecule has 0 aliphatic carbocycles. The molecule has 2 N–H and O–H groups in total. The fourth-order valence-electron chi connectivity index (χ4n) is 3.89. The molecule has 0 saturated carbocycles. The third-order valence-electron chi connectivity index (χ3n) is 6.10. The van der Waals surface area contributed by atoms with Crippen LogP contribution in [0.15, 0.2) is 42.5 Å². The number of alkyl halides is 1. The molecule has 33 heavy (non-hydrogen) atoms. The van der Waals surface area contributed by atoms with E-state index in [0.29, 0.717) is 6.54 Å². The van der Waals surface area contributed by atoms with Crippen molar-refractivity contribution in [2.45, 2.75) is 38.4 Å². The van der Waals surface area contributed by atoms with Gasteiger partial charge in [0.05, 0.1) is 19.1 Å². The third kappa shape index (κ3) is 7.33. The van der Waals surface area contributed by atoms with E-state index in [1.54, 1.807) is 0 Å². The van der Waals surface area contributed by atoms with Gasteiger partial charge in [-0.3, -0.25) is 4.90 Å². The normalized spacial score (nSPS) is 16.9. The van der Waals surface area contributed by atoms with E-state index >= 15 is 0 Å². The van der Waals surface area contributed by atoms with Crippen LogP contribution in [0.2, 0.25) is 0 Å². The van der Waals surface area contributed by atoms with E-state index < -0.39 is 12.2 Å². The molecule has 2 atom stereocenters. The highest BCUT2D eigenvalue weighted by atomic mass is 35.5. The number of halogens is 1. The second kappa shape index (κ2) is 12.0. The molecule has 1 aliphatic heterocycles. The molecule has 2 aromatic carbocycles. The minimum atomic E-state index is -0.677. The molecule has 0 radical (unpaired) electrons. The van der Waals surface area contributed by atoms with Crippen molar-refractivity contribution in [1.29, 1.82) is 0 Å². The predicted molar refractivity (Wildman–Crippen MR) is 131 cm³/mol. The van der Waals surface area contributed by atoms with Gasteiger partial charge in [-0.05, 0) is 41.8 Å². The third-order valence-corrected chi connectivity index (χ3v) is 6.45. The molecule has 0 bridgehead atoms. The minimum absolute atomic E-state index is 0.150. The number of hydrogen-bond acceptors (Lipinski definition) is 6. The summed E-state index contributed by atoms with van der Waals surface area (Å²) in [5.41, 5.74) is 3.12. The lowest BCUT2D eigenvalue weighted by Crippen LogP contribution is -2.42. The molecule has 7 heteroatoms. The first-order valence-corrected chi connectivity index (χ1v) is 12.0. The summed E-state index contributed by atoms with van der Waals surface area (Å²) in [7, 11) is 0. The molecule has 1 heterocycles. The lowest BCUT2D eigenvalue weighted by Gasteiger charge is -2.28. The number of aliphatic hydroxyl groups is 2. The highest BCUT2D eigenvalue weighted by molar-refractivity contribution is 6.18. The van der Waals surface area contributed by atoms with Crippen molar-refractivity contribution < 1.29 is 24.4 Å². The van der Waals surface area contributed by atoms with E-state index in [9.17, 15) is 10.2 Å². The molecule has 0 amide bonds. The summed E-state index contributed by atoms with van der Waals surface area (Å²) in [6.45, 7) is 10.5. The molecule has 1 aliphatic rings. The summed E-state index contributed by atoms with van der Waals surface area (Å²) < 4.78 is 16.9. The summed E-state index contributed by atoms with van der Waals surface area (Å²) in [6, 6.07) is 14.2. The van der Waals surface area contributed by atoms with Crippen molar-refractivity contribution >= 4 is 11.6 Å². The SMILES string of the molecule is Cc1cc(C(C)(C)c2ccc(OC[C@H](O)CN3CCOCC3)cc2)ccc1OC[C@@H](O)CCl. The van der Waals surface area contributed by atoms with Gasteiger partial charge < -0.3 is 24.4 Å². The number of aryl methyl sites for hydroxylation is 1. The van der Waals surface area contributed by atoms with Crippen molar-refractivity contribution in [3.05, 3.63) is 59.2 Å². The predicted octanol–water partition coefficient (Wildman–Crippen LogP) is 3.37. The summed E-state index contributed by atoms with van der Waals surface area (Å²) in [5, 5.41) is 19.9. The number of β-amino-alcohol motifs (C(OH)–C–C–N with tert-alkyl or cyclic N) is 1. The van der Waals surface area contributed by atoms with E-state index in [0.717, 1.165) is 48.9 Å². The molecule has 1 fully saturated rings. The van der Waals surface area contributed by atoms with Crippen LogP contribution < -0.4 is 9.47 Å². The van der Waals surface area contributed by atoms with Crippen LogP contribution in [0.25, 0.3) is 0 Å². The number of morpholine rings is 1. The van der Waals surface area contributed by atoms with Crippen molar-refractivity contribution in [1.82, 2.24) is 4.90 Å². The summed E-state index contributed by atoms with van der Waals surface area (Å²) in [4.78, 5) is 2.20. The van der Waals surface area contributed by atoms with Crippen LogP contribution in [0.1, 0.15) is 30.5 Å². The second-order valence-corrected chi connectivity index (χ2v) is 9.44. The lowest BCUT2D eigenvalue weighted by atomic mass is 9.77. The average Bonchev–Trinajstić information content (AvgIpc) is 2.82. The highest BCUT2D eigenvalue weighted by Crippen LogP contribution is 2.34. The molecule has 0 spiro atoms. The lowest BCUT2D eigenvalue weighted by molar-refractivity contribution is 0.00465. The first-order valence-electron chi connectivity index (χ1n) is 11.5. The van der Waals surface area contributed by atoms with E-state index in [4.69, 9.17) is 25.8 Å². The zero-order valence-electron chi connectivity index (χ0n) is 19.8. The van der Waals surface area contributed by atoms with Crippen LogP contribution in [0.3, 0.4) is 0 Å². The van der Waals surface area contributed by atoms with Gasteiger partial charge in [-0.15, -0.1) is 11.6 Å². The number of ether oxygens (including phenoxy) is 3. The van der Waals surface area contributed by atoms with Crippen LogP contribution >= 0.6 is 11.6 Å². The summed E-state index contributed by atoms with van der Waals surface area (Å²) in [6.07, 6.45) is -1.21. The van der Waals surface area contributed by atoms with Crippen molar-refractivity contribution in [2.24, 2.45) is 0 Å². The maximum absolute atomic E-state index is 10.3. The zero-order valence-corrected chi connectivity index (χ0v) is 20.6. The number of nitrogens with zero attached hydrogens (tertiary/aromatic N) is 1. The number of rotatable bonds is 11. The van der Waals surface area contributed by atoms with Gasteiger partial charge in [0.2, 0.25) is 0 Å². The second-order valence-electron chi connectivity index (χ2n) is 9.13. The smallest absolute Gasteiger partial charge is 0.122 e. The first kappa shape index (κ1) is 25.8. The maximum atomic E-state index is 10.3. The van der Waals surface area contributed by atoms with E-state index in [-0.39, 0.29) is 24.5 Å². The van der Waals surface area contributed by atoms with Crippen molar-refractivity contribution in [3.63, 3.8) is 0 Å². The van der Waals surface area contributed by atoms with Gasteiger partial charge in [0.25, 0.3) is 0 Å². The average molecular weight is 478 g/mol. The molecular formula is C26H36ClNO5. The Morgan fingerprint density at radius 2 is 1.61 bits per heavy atom. The Bertz CT molecular complexity index is 867. The van der Waals surface area contributed by atoms with Crippen molar-refractivity contribution in [3.8, 4) is 11.5 Å². The largest absolute Gasteiger partial charge is 0.491 e. The Morgan fingerprint density at radius 1 is 0.970 bits per heavy atom. The van der Waals surface area contributed by atoms with Gasteiger partial charge >= 0.3 is 0 Å². The Labute approximate surface area is 202 Å². The molecule has 1 saturated heterocycles. The number of aliphatic hydroxyl groups excluding tert-OH is 2. The van der Waals surface area contributed by atoms with Gasteiger partial charge in [0, 0.05) is 25.0 Å². The quantitative estimate of drug-likeness (QED) is 0.483. The monoisotopic (exact) mass is 477 g/mol. The first-order chi connectivity index (χ1) is 15.8. The number of hydrogen-bond donors (Lipinski definition) is 2. The summed E-state index contributed by atoms with van der Waals surface area (Å²) >= 11 is 5.64. The van der Waals surface area contributed by atoms with E-state index in [1.165, 1.54) is 5.56 Å². The van der Waals surface area contributed by atoms with E-state index in [2.05, 4.69) is 43.0 Å². The maximum Gasteiger partial charge on any atom is 0.122 e. The fourth-order valence-corrected chi connectivity index (χ4v) is 3.98. The van der Waals surface area contributed by atoms with E-state index in [1.807, 2.05) is 25.1 Å². The van der Waals surface area contributed by atoms with Crippen LogP contribution in [-0.4, -0.2) is 79.3 Å². The van der Waals surface area contributed by atoms with Gasteiger partial charge in [-0.2, -0.15) is 0 Å². The summed E-state index contributed by atoms with van der Waals surface area (Å²) in [5.74, 6) is 1.64. The topological polar surface area (TPSA) is 71.4 Å². The standard InChI is InChI=1S/C26H36ClNO5/c1-19-14-21(6-9-25(19)33-17-22(29)15-27)26(2,3)20-4-7-24(8-5-20)32-18-23(30)16-28-10-12-31-13-11-28/h4-9,14,22-23,29-30H,10-13,15-18H2,1-3H3/t22-,23+/m0/s1. The van der Waals surface area contributed by atoms with Crippen LogP contribution in [-0.2, 0) is 10.2 Å². The molecule has 3 rings (SSSR count). The molecule has 182 valence electrons. The van der Waals surface area contributed by atoms with Crippen LogP contribution in [0.5, 0.6) is 11.5 Å². The molecule has 2 aromatic rings. The number of benzene rings is 2. The Balaban J connectivity index is 1.57. The van der Waals surface area contributed by atoms with Crippen LogP contribution in [0.4, 0.5) is 0 Å². The fraction of sp³-hybridized carbons (Fsp3) is 0.538. The molecular weight excluding hydrogens is 442 g/mol. The molecule has 6 nitrogen and oxygen atoms in total. The van der Waals surface area contributed by atoms with Gasteiger partial charge in [0.1, 0.15) is 36.9 Å². The Morgan fingerprint density at radius 3 is 2.24 bits per heavy atom. The Kier molecular flexibility index (Phi) is 9.41. The highest BCUT2D eigenvalue weighted by Gasteiger charge is 2.24. The molecule has 0 aromatic heterocycles. The van der Waals surface area contributed by atoms with Crippen molar-refractivity contribution in [2.75, 3.05) is 51.9 Å². The zero-order chi connectivity index (χ0) is 23.8. The van der Waals surface area contributed by atoms with Gasteiger partial charge in [-0.25, -0.2) is 0 Å². The van der Waals surface area contributed by atoms with Gasteiger partial charge in [-0.1, -0.05) is 38.1 Å². The Hall–Kier alpha value is -1.83. The van der Waals surface area contributed by atoms with Crippen LogP contribution in [0, 0.1) is 6.92 Å². The molecule has 0 unspecified atom stereocenters.